The Labute approximate surface area is 128 Å². The van der Waals surface area contributed by atoms with Crippen LogP contribution in [0.15, 0.2) is 18.2 Å². The minimum absolute atomic E-state index is 0.0120. The molecule has 1 saturated heterocycles. The first-order valence-corrected chi connectivity index (χ1v) is 7.63. The van der Waals surface area contributed by atoms with Crippen molar-refractivity contribution in [1.82, 2.24) is 5.32 Å². The molecule has 1 N–H and O–H groups in total. The summed E-state index contributed by atoms with van der Waals surface area (Å²) in [5, 5.41) is 2.88. The van der Waals surface area contributed by atoms with E-state index in [9.17, 15) is 9.18 Å². The Balaban J connectivity index is 1.50. The van der Waals surface area contributed by atoms with Gasteiger partial charge in [-0.25, -0.2) is 4.39 Å². The molecule has 120 valence electrons. The van der Waals surface area contributed by atoms with Gasteiger partial charge in [0.15, 0.2) is 0 Å². The van der Waals surface area contributed by atoms with Gasteiger partial charge in [0.1, 0.15) is 18.2 Å². The van der Waals surface area contributed by atoms with Crippen LogP contribution >= 0.6 is 0 Å². The van der Waals surface area contributed by atoms with Crippen LogP contribution < -0.4 is 10.1 Å². The third-order valence-corrected chi connectivity index (χ3v) is 3.91. The minimum atomic E-state index is -0.335. The van der Waals surface area contributed by atoms with Crippen molar-refractivity contribution in [2.24, 2.45) is 0 Å². The minimum Gasteiger partial charge on any atom is -0.493 e. The van der Waals surface area contributed by atoms with Crippen molar-refractivity contribution >= 4 is 5.91 Å². The van der Waals surface area contributed by atoms with E-state index in [1.54, 1.807) is 6.07 Å². The van der Waals surface area contributed by atoms with Gasteiger partial charge in [0.2, 0.25) is 5.91 Å². The van der Waals surface area contributed by atoms with Crippen LogP contribution in [0, 0.1) is 5.82 Å². The summed E-state index contributed by atoms with van der Waals surface area (Å²) in [6.45, 7) is 1.69. The summed E-state index contributed by atoms with van der Waals surface area (Å²) in [5.74, 6) is 0.0801. The van der Waals surface area contributed by atoms with E-state index in [-0.39, 0.29) is 30.5 Å². The van der Waals surface area contributed by atoms with Crippen LogP contribution in [0.25, 0.3) is 0 Å². The second kappa shape index (κ2) is 7.07. The molecule has 0 unspecified atom stereocenters. The highest BCUT2D eigenvalue weighted by Crippen LogP contribution is 2.32. The lowest BCUT2D eigenvalue weighted by Gasteiger charge is -2.26. The maximum atomic E-state index is 13.4. The molecule has 22 heavy (non-hydrogen) atoms. The second-order valence-electron chi connectivity index (χ2n) is 5.59. The summed E-state index contributed by atoms with van der Waals surface area (Å²) in [6.07, 6.45) is 2.75. The molecule has 5 nitrogen and oxygen atoms in total. The second-order valence-corrected chi connectivity index (χ2v) is 5.59. The first-order chi connectivity index (χ1) is 10.7. The van der Waals surface area contributed by atoms with E-state index >= 15 is 0 Å². The molecule has 0 spiro atoms. The van der Waals surface area contributed by atoms with Gasteiger partial charge < -0.3 is 19.5 Å². The van der Waals surface area contributed by atoms with Gasteiger partial charge in [0.05, 0.1) is 25.4 Å². The summed E-state index contributed by atoms with van der Waals surface area (Å²) in [4.78, 5) is 12.0. The molecular formula is C16H20FNO4. The average molecular weight is 309 g/mol. The standard InChI is InChI=1S/C16H20FNO4/c17-11-3-4-15-13(8-11)14(5-7-22-15)18-16(19)10-20-9-12-2-1-6-21-12/h3-4,8,12,14H,1-2,5-7,9-10H2,(H,18,19)/t12-,14+/m1/s1. The predicted molar refractivity (Wildman–Crippen MR) is 77.2 cm³/mol. The number of fused-ring (bicyclic) bond motifs is 1. The third kappa shape index (κ3) is 3.75. The van der Waals surface area contributed by atoms with E-state index < -0.39 is 0 Å². The Kier molecular flexibility index (Phi) is 4.90. The Hall–Kier alpha value is -1.66. The SMILES string of the molecule is O=C(COC[C@H]1CCCO1)N[C@H]1CCOc2ccc(F)cc21. The lowest BCUT2D eigenvalue weighted by molar-refractivity contribution is -0.127. The Morgan fingerprint density at radius 2 is 2.27 bits per heavy atom. The van der Waals surface area contributed by atoms with Crippen LogP contribution in [-0.4, -0.2) is 38.4 Å². The van der Waals surface area contributed by atoms with Gasteiger partial charge in [0.25, 0.3) is 0 Å². The Bertz CT molecular complexity index is 531. The third-order valence-electron chi connectivity index (χ3n) is 3.91. The van der Waals surface area contributed by atoms with Gasteiger partial charge in [-0.2, -0.15) is 0 Å². The molecule has 6 heteroatoms. The average Bonchev–Trinajstić information content (AvgIpc) is 3.01. The van der Waals surface area contributed by atoms with E-state index in [1.807, 2.05) is 0 Å². The smallest absolute Gasteiger partial charge is 0.246 e. The van der Waals surface area contributed by atoms with Gasteiger partial charge >= 0.3 is 0 Å². The molecule has 1 aromatic rings. The molecule has 3 rings (SSSR count). The number of hydrogen-bond acceptors (Lipinski definition) is 4. The highest BCUT2D eigenvalue weighted by Gasteiger charge is 2.24. The van der Waals surface area contributed by atoms with Crippen molar-refractivity contribution < 1.29 is 23.4 Å². The lowest BCUT2D eigenvalue weighted by atomic mass is 10.0. The van der Waals surface area contributed by atoms with Gasteiger partial charge in [-0.15, -0.1) is 0 Å². The molecule has 2 aliphatic rings. The van der Waals surface area contributed by atoms with E-state index in [1.165, 1.54) is 12.1 Å². The van der Waals surface area contributed by atoms with Crippen molar-refractivity contribution in [1.29, 1.82) is 0 Å². The molecular weight excluding hydrogens is 289 g/mol. The summed E-state index contributed by atoms with van der Waals surface area (Å²) in [7, 11) is 0. The fourth-order valence-corrected chi connectivity index (χ4v) is 2.81. The molecule has 0 radical (unpaired) electrons. The van der Waals surface area contributed by atoms with Crippen molar-refractivity contribution in [3.8, 4) is 5.75 Å². The van der Waals surface area contributed by atoms with Crippen LogP contribution in [0.4, 0.5) is 4.39 Å². The molecule has 0 saturated carbocycles. The number of carbonyl (C=O) groups is 1. The van der Waals surface area contributed by atoms with Crippen molar-refractivity contribution in [3.63, 3.8) is 0 Å². The van der Waals surface area contributed by atoms with Crippen molar-refractivity contribution in [2.75, 3.05) is 26.4 Å². The van der Waals surface area contributed by atoms with Crippen LogP contribution in [0.5, 0.6) is 5.75 Å². The zero-order valence-corrected chi connectivity index (χ0v) is 12.3. The van der Waals surface area contributed by atoms with E-state index in [0.29, 0.717) is 30.9 Å². The fraction of sp³-hybridized carbons (Fsp3) is 0.562. The quantitative estimate of drug-likeness (QED) is 0.903. The Morgan fingerprint density at radius 3 is 3.09 bits per heavy atom. The van der Waals surface area contributed by atoms with Gasteiger partial charge in [-0.05, 0) is 31.0 Å². The van der Waals surface area contributed by atoms with Crippen LogP contribution in [-0.2, 0) is 14.3 Å². The highest BCUT2D eigenvalue weighted by molar-refractivity contribution is 5.77. The number of halogens is 1. The molecule has 0 aliphatic carbocycles. The molecule has 0 aromatic heterocycles. The molecule has 0 bridgehead atoms. The maximum Gasteiger partial charge on any atom is 0.246 e. The molecule has 1 aromatic carbocycles. The van der Waals surface area contributed by atoms with Gasteiger partial charge in [-0.3, -0.25) is 4.79 Å². The molecule has 2 atom stereocenters. The first kappa shape index (κ1) is 15.2. The number of amides is 1. The van der Waals surface area contributed by atoms with Gasteiger partial charge in [0, 0.05) is 18.6 Å². The predicted octanol–water partition coefficient (Wildman–Crippen LogP) is 1.96. The number of hydrogen-bond donors (Lipinski definition) is 1. The largest absolute Gasteiger partial charge is 0.493 e. The Morgan fingerprint density at radius 1 is 1.36 bits per heavy atom. The van der Waals surface area contributed by atoms with Crippen LogP contribution in [0.2, 0.25) is 0 Å². The fourth-order valence-electron chi connectivity index (χ4n) is 2.81. The summed E-state index contributed by atoms with van der Waals surface area (Å²) in [5.41, 5.74) is 0.679. The van der Waals surface area contributed by atoms with Crippen molar-refractivity contribution in [3.05, 3.63) is 29.6 Å². The first-order valence-electron chi connectivity index (χ1n) is 7.63. The zero-order valence-electron chi connectivity index (χ0n) is 12.3. The number of ether oxygens (including phenoxy) is 3. The van der Waals surface area contributed by atoms with E-state index in [4.69, 9.17) is 14.2 Å². The highest BCUT2D eigenvalue weighted by atomic mass is 19.1. The monoisotopic (exact) mass is 309 g/mol. The summed E-state index contributed by atoms with van der Waals surface area (Å²) < 4.78 is 29.7. The maximum absolute atomic E-state index is 13.4. The molecule has 2 aliphatic heterocycles. The van der Waals surface area contributed by atoms with E-state index in [0.717, 1.165) is 19.4 Å². The summed E-state index contributed by atoms with van der Waals surface area (Å²) >= 11 is 0. The molecule has 2 heterocycles. The lowest BCUT2D eigenvalue weighted by Crippen LogP contribution is -2.35. The van der Waals surface area contributed by atoms with Crippen molar-refractivity contribution in [2.45, 2.75) is 31.4 Å². The zero-order chi connectivity index (χ0) is 15.4. The van der Waals surface area contributed by atoms with Crippen LogP contribution in [0.1, 0.15) is 30.9 Å². The van der Waals surface area contributed by atoms with Gasteiger partial charge in [-0.1, -0.05) is 0 Å². The van der Waals surface area contributed by atoms with Crippen LogP contribution in [0.3, 0.4) is 0 Å². The number of carbonyl (C=O) groups excluding carboxylic acids is 1. The molecule has 1 amide bonds. The topological polar surface area (TPSA) is 56.8 Å². The molecule has 1 fully saturated rings. The number of benzene rings is 1. The van der Waals surface area contributed by atoms with E-state index in [2.05, 4.69) is 5.32 Å². The normalized spacial score (nSPS) is 23.7. The number of nitrogens with one attached hydrogen (secondary N) is 1. The summed E-state index contributed by atoms with van der Waals surface area (Å²) in [6, 6.07) is 4.12. The number of rotatable bonds is 5.